The van der Waals surface area contributed by atoms with E-state index in [2.05, 4.69) is 38.1 Å². The van der Waals surface area contributed by atoms with Gasteiger partial charge in [0.05, 0.1) is 12.7 Å². The highest BCUT2D eigenvalue weighted by Gasteiger charge is 2.14. The lowest BCUT2D eigenvalue weighted by molar-refractivity contribution is 0.0813. The van der Waals surface area contributed by atoms with E-state index in [4.69, 9.17) is 4.74 Å². The number of benzene rings is 1. The zero-order valence-electron chi connectivity index (χ0n) is 11.8. The van der Waals surface area contributed by atoms with Crippen LogP contribution in [-0.4, -0.2) is 12.7 Å². The molecule has 1 nitrogen and oxygen atoms in total. The van der Waals surface area contributed by atoms with Crippen LogP contribution in [0.3, 0.4) is 0 Å². The van der Waals surface area contributed by atoms with Crippen molar-refractivity contribution in [2.75, 3.05) is 6.61 Å². The summed E-state index contributed by atoms with van der Waals surface area (Å²) in [6.07, 6.45) is 8.39. The van der Waals surface area contributed by atoms with Crippen molar-refractivity contribution >= 4 is 0 Å². The molecule has 0 spiro atoms. The van der Waals surface area contributed by atoms with E-state index in [0.29, 0.717) is 6.10 Å². The Morgan fingerprint density at radius 2 is 1.72 bits per heavy atom. The Bertz CT molecular complexity index is 333. The maximum atomic E-state index is 5.59. The second-order valence-corrected chi connectivity index (χ2v) is 5.75. The van der Waals surface area contributed by atoms with Gasteiger partial charge in [-0.1, -0.05) is 43.5 Å². The minimum absolute atomic E-state index is 0.339. The lowest BCUT2D eigenvalue weighted by atomic mass is 9.84. The highest BCUT2D eigenvalue weighted by Crippen LogP contribution is 2.32. The molecule has 1 aliphatic carbocycles. The van der Waals surface area contributed by atoms with Gasteiger partial charge in [0.25, 0.3) is 0 Å². The molecule has 0 saturated heterocycles. The van der Waals surface area contributed by atoms with E-state index >= 15 is 0 Å². The molecule has 2 rings (SSSR count). The van der Waals surface area contributed by atoms with E-state index in [9.17, 15) is 0 Å². The third kappa shape index (κ3) is 4.13. The Labute approximate surface area is 112 Å². The fourth-order valence-electron chi connectivity index (χ4n) is 2.80. The van der Waals surface area contributed by atoms with Gasteiger partial charge in [-0.05, 0) is 50.2 Å². The third-order valence-electron chi connectivity index (χ3n) is 3.90. The molecule has 0 amide bonds. The molecule has 1 aromatic carbocycles. The number of hydrogen-bond donors (Lipinski definition) is 0. The predicted molar refractivity (Wildman–Crippen MR) is 77.1 cm³/mol. The van der Waals surface area contributed by atoms with E-state index in [1.807, 2.05) is 0 Å². The normalized spacial score (nSPS) is 17.3. The van der Waals surface area contributed by atoms with Crippen LogP contribution in [0, 0.1) is 0 Å². The molecule has 1 aliphatic rings. The van der Waals surface area contributed by atoms with Crippen LogP contribution >= 0.6 is 0 Å². The fourth-order valence-corrected chi connectivity index (χ4v) is 2.80. The first-order valence-corrected chi connectivity index (χ1v) is 7.46. The molecule has 0 heterocycles. The fraction of sp³-hybridized carbons (Fsp3) is 0.647. The molecule has 1 heteroatoms. The van der Waals surface area contributed by atoms with Crippen LogP contribution in [-0.2, 0) is 11.2 Å². The first kappa shape index (κ1) is 13.6. The van der Waals surface area contributed by atoms with Crippen molar-refractivity contribution in [1.82, 2.24) is 0 Å². The van der Waals surface area contributed by atoms with Crippen LogP contribution in [0.25, 0.3) is 0 Å². The second-order valence-electron chi connectivity index (χ2n) is 5.75. The molecule has 0 bridgehead atoms. The standard InChI is InChI=1S/C17H26O/c1-14(2)18-13-12-15-8-10-17(11-9-15)16-6-4-3-5-7-16/h8-11,14,16H,3-7,12-13H2,1-2H3. The Kier molecular flexibility index (Phi) is 5.25. The first-order chi connectivity index (χ1) is 8.75. The zero-order chi connectivity index (χ0) is 12.8. The summed E-state index contributed by atoms with van der Waals surface area (Å²) in [4.78, 5) is 0. The molecule has 18 heavy (non-hydrogen) atoms. The van der Waals surface area contributed by atoms with E-state index in [1.165, 1.54) is 37.7 Å². The highest BCUT2D eigenvalue weighted by atomic mass is 16.5. The second kappa shape index (κ2) is 6.94. The average molecular weight is 246 g/mol. The molecular weight excluding hydrogens is 220 g/mol. The molecule has 1 saturated carbocycles. The molecule has 0 radical (unpaired) electrons. The molecule has 1 fully saturated rings. The maximum Gasteiger partial charge on any atom is 0.0519 e. The summed E-state index contributed by atoms with van der Waals surface area (Å²) in [6.45, 7) is 5.01. The lowest BCUT2D eigenvalue weighted by Gasteiger charge is -2.22. The van der Waals surface area contributed by atoms with Gasteiger partial charge in [0.15, 0.2) is 0 Å². The Morgan fingerprint density at radius 3 is 2.33 bits per heavy atom. The molecule has 0 N–H and O–H groups in total. The monoisotopic (exact) mass is 246 g/mol. The average Bonchev–Trinajstić information content (AvgIpc) is 2.40. The first-order valence-electron chi connectivity index (χ1n) is 7.46. The van der Waals surface area contributed by atoms with Crippen molar-refractivity contribution in [3.8, 4) is 0 Å². The van der Waals surface area contributed by atoms with Gasteiger partial charge in [0.1, 0.15) is 0 Å². The topological polar surface area (TPSA) is 9.23 Å². The Morgan fingerprint density at radius 1 is 1.06 bits per heavy atom. The van der Waals surface area contributed by atoms with Crippen molar-refractivity contribution in [2.24, 2.45) is 0 Å². The summed E-state index contributed by atoms with van der Waals surface area (Å²) < 4.78 is 5.59. The minimum Gasteiger partial charge on any atom is -0.378 e. The van der Waals surface area contributed by atoms with Crippen molar-refractivity contribution in [3.63, 3.8) is 0 Å². The molecule has 1 aromatic rings. The van der Waals surface area contributed by atoms with Crippen LogP contribution in [0.1, 0.15) is 63.0 Å². The van der Waals surface area contributed by atoms with Gasteiger partial charge < -0.3 is 4.74 Å². The van der Waals surface area contributed by atoms with E-state index < -0.39 is 0 Å². The van der Waals surface area contributed by atoms with E-state index in [1.54, 1.807) is 5.56 Å². The largest absolute Gasteiger partial charge is 0.378 e. The smallest absolute Gasteiger partial charge is 0.0519 e. The van der Waals surface area contributed by atoms with Crippen LogP contribution in [0.2, 0.25) is 0 Å². The molecule has 0 aliphatic heterocycles. The number of ether oxygens (including phenoxy) is 1. The Hall–Kier alpha value is -0.820. The van der Waals surface area contributed by atoms with Crippen molar-refractivity contribution in [3.05, 3.63) is 35.4 Å². The third-order valence-corrected chi connectivity index (χ3v) is 3.90. The van der Waals surface area contributed by atoms with Gasteiger partial charge in [-0.2, -0.15) is 0 Å². The van der Waals surface area contributed by atoms with E-state index in [-0.39, 0.29) is 0 Å². The van der Waals surface area contributed by atoms with Crippen molar-refractivity contribution in [1.29, 1.82) is 0 Å². The summed E-state index contributed by atoms with van der Waals surface area (Å²) in [5.41, 5.74) is 2.94. The predicted octanol–water partition coefficient (Wildman–Crippen LogP) is 4.70. The molecular formula is C17H26O. The summed E-state index contributed by atoms with van der Waals surface area (Å²) in [7, 11) is 0. The summed E-state index contributed by atoms with van der Waals surface area (Å²) in [5.74, 6) is 0.819. The molecule has 0 unspecified atom stereocenters. The van der Waals surface area contributed by atoms with Crippen molar-refractivity contribution in [2.45, 2.75) is 64.4 Å². The van der Waals surface area contributed by atoms with Gasteiger partial charge in [0, 0.05) is 0 Å². The van der Waals surface area contributed by atoms with Gasteiger partial charge in [0.2, 0.25) is 0 Å². The number of hydrogen-bond acceptors (Lipinski definition) is 1. The zero-order valence-corrected chi connectivity index (χ0v) is 11.8. The van der Waals surface area contributed by atoms with Gasteiger partial charge in [-0.3, -0.25) is 0 Å². The number of rotatable bonds is 5. The Balaban J connectivity index is 1.84. The highest BCUT2D eigenvalue weighted by molar-refractivity contribution is 5.25. The van der Waals surface area contributed by atoms with Crippen LogP contribution in [0.5, 0.6) is 0 Å². The van der Waals surface area contributed by atoms with Crippen LogP contribution in [0.4, 0.5) is 0 Å². The molecule has 100 valence electrons. The SMILES string of the molecule is CC(C)OCCc1ccc(C2CCCCC2)cc1. The lowest BCUT2D eigenvalue weighted by Crippen LogP contribution is -2.07. The maximum absolute atomic E-state index is 5.59. The molecule has 0 aromatic heterocycles. The summed E-state index contributed by atoms with van der Waals surface area (Å²) >= 11 is 0. The van der Waals surface area contributed by atoms with Crippen molar-refractivity contribution < 1.29 is 4.74 Å². The minimum atomic E-state index is 0.339. The van der Waals surface area contributed by atoms with Gasteiger partial charge >= 0.3 is 0 Å². The quantitative estimate of drug-likeness (QED) is 0.731. The molecule has 0 atom stereocenters. The summed E-state index contributed by atoms with van der Waals surface area (Å²) in [6, 6.07) is 9.24. The van der Waals surface area contributed by atoms with Gasteiger partial charge in [-0.15, -0.1) is 0 Å². The van der Waals surface area contributed by atoms with Crippen LogP contribution in [0.15, 0.2) is 24.3 Å². The van der Waals surface area contributed by atoms with Crippen LogP contribution < -0.4 is 0 Å². The van der Waals surface area contributed by atoms with Gasteiger partial charge in [-0.25, -0.2) is 0 Å². The summed E-state index contributed by atoms with van der Waals surface area (Å²) in [5, 5.41) is 0. The van der Waals surface area contributed by atoms with E-state index in [0.717, 1.165) is 18.9 Å².